The van der Waals surface area contributed by atoms with Gasteiger partial charge in [-0.2, -0.15) is 5.10 Å². The van der Waals surface area contributed by atoms with E-state index in [1.165, 1.54) is 12.1 Å². The van der Waals surface area contributed by atoms with E-state index in [1.54, 1.807) is 18.0 Å². The van der Waals surface area contributed by atoms with Gasteiger partial charge in [-0.1, -0.05) is 24.3 Å². The Morgan fingerprint density at radius 3 is 2.75 bits per heavy atom. The van der Waals surface area contributed by atoms with E-state index < -0.39 is 4.92 Å². The number of non-ortho nitro benzene ring substituents is 1. The quantitative estimate of drug-likeness (QED) is 0.589. The van der Waals surface area contributed by atoms with Crippen molar-refractivity contribution in [2.75, 3.05) is 7.05 Å². The van der Waals surface area contributed by atoms with Crippen LogP contribution in [0, 0.1) is 17.0 Å². The summed E-state index contributed by atoms with van der Waals surface area (Å²) in [4.78, 5) is 24.7. The summed E-state index contributed by atoms with van der Waals surface area (Å²) in [5, 5.41) is 18.2. The van der Waals surface area contributed by atoms with Gasteiger partial charge >= 0.3 is 0 Å². The molecule has 1 heterocycles. The lowest BCUT2D eigenvalue weighted by Crippen LogP contribution is -2.27. The molecule has 0 aliphatic carbocycles. The first kappa shape index (κ1) is 15.7. The van der Waals surface area contributed by atoms with Gasteiger partial charge in [-0.05, 0) is 24.1 Å². The van der Waals surface area contributed by atoms with Crippen LogP contribution < -0.4 is 0 Å². The zero-order valence-corrected chi connectivity index (χ0v) is 13.3. The number of carbonyl (C=O) groups excluding carboxylic acids is 1. The van der Waals surface area contributed by atoms with Gasteiger partial charge in [0.25, 0.3) is 11.6 Å². The Kier molecular flexibility index (Phi) is 3.99. The molecule has 0 atom stereocenters. The molecule has 24 heavy (non-hydrogen) atoms. The number of aromatic amines is 1. The molecule has 0 unspecified atom stereocenters. The van der Waals surface area contributed by atoms with Crippen molar-refractivity contribution in [1.29, 1.82) is 0 Å². The van der Waals surface area contributed by atoms with Crippen LogP contribution in [0.1, 0.15) is 21.6 Å². The molecule has 7 heteroatoms. The summed E-state index contributed by atoms with van der Waals surface area (Å²) < 4.78 is 0. The second-order valence-electron chi connectivity index (χ2n) is 5.65. The van der Waals surface area contributed by atoms with Crippen LogP contribution in [-0.2, 0) is 6.54 Å². The molecular formula is C17H16N4O3. The number of fused-ring (bicyclic) bond motifs is 1. The molecule has 1 N–H and O–H groups in total. The monoisotopic (exact) mass is 324 g/mol. The molecule has 0 bridgehead atoms. The third kappa shape index (κ3) is 2.83. The summed E-state index contributed by atoms with van der Waals surface area (Å²) in [6, 6.07) is 12.1. The predicted octanol–water partition coefficient (Wildman–Crippen LogP) is 3.05. The number of nitro groups is 1. The highest BCUT2D eigenvalue weighted by Gasteiger charge is 2.20. The highest BCUT2D eigenvalue weighted by molar-refractivity contribution is 6.05. The topological polar surface area (TPSA) is 92.1 Å². The number of amides is 1. The van der Waals surface area contributed by atoms with E-state index >= 15 is 0 Å². The van der Waals surface area contributed by atoms with E-state index in [2.05, 4.69) is 10.2 Å². The Balaban J connectivity index is 1.92. The molecule has 3 aromatic rings. The van der Waals surface area contributed by atoms with Crippen LogP contribution in [0.15, 0.2) is 42.5 Å². The van der Waals surface area contributed by atoms with Crippen LogP contribution in [0.3, 0.4) is 0 Å². The molecule has 0 aliphatic heterocycles. The zero-order valence-electron chi connectivity index (χ0n) is 13.3. The summed E-state index contributed by atoms with van der Waals surface area (Å²) in [6.45, 7) is 2.43. The molecule has 0 aliphatic rings. The molecule has 0 saturated carbocycles. The number of benzene rings is 2. The van der Waals surface area contributed by atoms with Gasteiger partial charge in [0.05, 0.1) is 10.4 Å². The van der Waals surface area contributed by atoms with Gasteiger partial charge in [-0.25, -0.2) is 0 Å². The van der Waals surface area contributed by atoms with Gasteiger partial charge in [-0.3, -0.25) is 20.0 Å². The number of hydrogen-bond acceptors (Lipinski definition) is 4. The van der Waals surface area contributed by atoms with E-state index in [0.29, 0.717) is 17.4 Å². The van der Waals surface area contributed by atoms with E-state index in [-0.39, 0.29) is 17.3 Å². The normalized spacial score (nSPS) is 10.8. The summed E-state index contributed by atoms with van der Waals surface area (Å²) in [6.07, 6.45) is 0. The fourth-order valence-electron chi connectivity index (χ4n) is 2.57. The molecule has 2 aromatic carbocycles. The number of nitro benzene ring substituents is 1. The van der Waals surface area contributed by atoms with Crippen molar-refractivity contribution in [3.05, 3.63) is 69.4 Å². The van der Waals surface area contributed by atoms with Crippen LogP contribution in [0.25, 0.3) is 10.9 Å². The second kappa shape index (κ2) is 6.11. The second-order valence-corrected chi connectivity index (χ2v) is 5.65. The maximum absolute atomic E-state index is 12.7. The molecule has 0 radical (unpaired) electrons. The fraction of sp³-hybridized carbons (Fsp3) is 0.176. The maximum Gasteiger partial charge on any atom is 0.275 e. The Labute approximate surface area is 138 Å². The predicted molar refractivity (Wildman–Crippen MR) is 89.7 cm³/mol. The number of H-pyrrole nitrogens is 1. The van der Waals surface area contributed by atoms with Gasteiger partial charge in [0.2, 0.25) is 0 Å². The van der Waals surface area contributed by atoms with Crippen molar-refractivity contribution in [2.45, 2.75) is 13.5 Å². The molecule has 0 saturated heterocycles. The van der Waals surface area contributed by atoms with Gasteiger partial charge in [0.15, 0.2) is 5.69 Å². The minimum atomic E-state index is -0.488. The highest BCUT2D eigenvalue weighted by atomic mass is 16.6. The van der Waals surface area contributed by atoms with Crippen molar-refractivity contribution < 1.29 is 9.72 Å². The summed E-state index contributed by atoms with van der Waals surface area (Å²) in [7, 11) is 1.69. The van der Waals surface area contributed by atoms with Gasteiger partial charge in [0, 0.05) is 31.1 Å². The number of carbonyl (C=O) groups is 1. The molecule has 0 spiro atoms. The third-order valence-electron chi connectivity index (χ3n) is 3.98. The first-order chi connectivity index (χ1) is 11.5. The van der Waals surface area contributed by atoms with Crippen LogP contribution >= 0.6 is 0 Å². The summed E-state index contributed by atoms with van der Waals surface area (Å²) in [5.74, 6) is -0.287. The number of aryl methyl sites for hydroxylation is 1. The summed E-state index contributed by atoms with van der Waals surface area (Å²) in [5.41, 5.74) is 2.84. The Hall–Kier alpha value is -3.22. The Morgan fingerprint density at radius 2 is 2.04 bits per heavy atom. The van der Waals surface area contributed by atoms with Crippen molar-refractivity contribution >= 4 is 22.5 Å². The third-order valence-corrected chi connectivity index (χ3v) is 3.98. The largest absolute Gasteiger partial charge is 0.336 e. The van der Waals surface area contributed by atoms with Crippen LogP contribution in [0.5, 0.6) is 0 Å². The molecule has 1 amide bonds. The number of hydrogen-bond donors (Lipinski definition) is 1. The fourth-order valence-corrected chi connectivity index (χ4v) is 2.57. The van der Waals surface area contributed by atoms with Crippen molar-refractivity contribution in [2.24, 2.45) is 0 Å². The van der Waals surface area contributed by atoms with Crippen LogP contribution in [0.2, 0.25) is 0 Å². The SMILES string of the molecule is Cc1ccccc1CN(C)C(=O)c1n[nH]c2ccc([N+](=O)[O-])cc12. The summed E-state index contributed by atoms with van der Waals surface area (Å²) >= 11 is 0. The van der Waals surface area contributed by atoms with E-state index in [1.807, 2.05) is 31.2 Å². The number of nitrogens with one attached hydrogen (secondary N) is 1. The lowest BCUT2D eigenvalue weighted by molar-refractivity contribution is -0.384. The van der Waals surface area contributed by atoms with Crippen molar-refractivity contribution in [1.82, 2.24) is 15.1 Å². The smallest absolute Gasteiger partial charge is 0.275 e. The number of rotatable bonds is 4. The molecule has 0 fully saturated rings. The zero-order chi connectivity index (χ0) is 17.3. The first-order valence-electron chi connectivity index (χ1n) is 7.40. The first-order valence-corrected chi connectivity index (χ1v) is 7.40. The highest BCUT2D eigenvalue weighted by Crippen LogP contribution is 2.23. The van der Waals surface area contributed by atoms with E-state index in [9.17, 15) is 14.9 Å². The average molecular weight is 324 g/mol. The lowest BCUT2D eigenvalue weighted by atomic mass is 10.1. The van der Waals surface area contributed by atoms with Gasteiger partial charge in [0.1, 0.15) is 0 Å². The lowest BCUT2D eigenvalue weighted by Gasteiger charge is -2.17. The molecule has 122 valence electrons. The Bertz CT molecular complexity index is 932. The minimum Gasteiger partial charge on any atom is -0.336 e. The van der Waals surface area contributed by atoms with Crippen LogP contribution in [0.4, 0.5) is 5.69 Å². The van der Waals surface area contributed by atoms with Crippen molar-refractivity contribution in [3.63, 3.8) is 0 Å². The standard InChI is InChI=1S/C17H16N4O3/c1-11-5-3-4-6-12(11)10-20(2)17(22)16-14-9-13(21(23)24)7-8-15(14)18-19-16/h3-9H,10H2,1-2H3,(H,18,19). The molecule has 1 aromatic heterocycles. The molecule has 7 nitrogen and oxygen atoms in total. The van der Waals surface area contributed by atoms with Gasteiger partial charge < -0.3 is 4.90 Å². The maximum atomic E-state index is 12.7. The molecule has 3 rings (SSSR count). The minimum absolute atomic E-state index is 0.0699. The van der Waals surface area contributed by atoms with E-state index in [0.717, 1.165) is 11.1 Å². The Morgan fingerprint density at radius 1 is 1.29 bits per heavy atom. The van der Waals surface area contributed by atoms with Crippen molar-refractivity contribution in [3.8, 4) is 0 Å². The number of aromatic nitrogens is 2. The van der Waals surface area contributed by atoms with E-state index in [4.69, 9.17) is 0 Å². The van der Waals surface area contributed by atoms with Gasteiger partial charge in [-0.15, -0.1) is 0 Å². The number of nitrogens with zero attached hydrogens (tertiary/aromatic N) is 3. The van der Waals surface area contributed by atoms with Crippen LogP contribution in [-0.4, -0.2) is 33.0 Å². The average Bonchev–Trinajstić information content (AvgIpc) is 2.99. The molecular weight excluding hydrogens is 308 g/mol.